The average molecular weight is 181 g/mol. The molecule has 0 aliphatic rings. The molecule has 0 fully saturated rings. The number of aliphatic hydroxyl groups is 1. The minimum atomic E-state index is -0.515. The van der Waals surface area contributed by atoms with Gasteiger partial charge in [-0.1, -0.05) is 0 Å². The summed E-state index contributed by atoms with van der Waals surface area (Å²) in [6, 6.07) is 0. The summed E-state index contributed by atoms with van der Waals surface area (Å²) in [5.74, 6) is 0. The van der Waals surface area contributed by atoms with Crippen LogP contribution >= 0.6 is 11.6 Å². The van der Waals surface area contributed by atoms with E-state index in [0.29, 0.717) is 6.61 Å². The molecule has 0 saturated heterocycles. The van der Waals surface area contributed by atoms with Crippen molar-refractivity contribution in [2.24, 2.45) is 0 Å². The number of hydrogen-bond donors (Lipinski definition) is 1. The van der Waals surface area contributed by atoms with E-state index >= 15 is 0 Å². The zero-order chi connectivity index (χ0) is 9.07. The lowest BCUT2D eigenvalue weighted by molar-refractivity contribution is -0.0142. The summed E-state index contributed by atoms with van der Waals surface area (Å²) in [7, 11) is 0. The van der Waals surface area contributed by atoms with Gasteiger partial charge < -0.3 is 9.84 Å². The van der Waals surface area contributed by atoms with Gasteiger partial charge in [-0.05, 0) is 27.7 Å². The second-order valence-electron chi connectivity index (χ2n) is 3.68. The van der Waals surface area contributed by atoms with Crippen LogP contribution in [-0.2, 0) is 4.74 Å². The van der Waals surface area contributed by atoms with Gasteiger partial charge >= 0.3 is 0 Å². The molecule has 3 heteroatoms. The summed E-state index contributed by atoms with van der Waals surface area (Å²) >= 11 is 5.75. The van der Waals surface area contributed by atoms with Gasteiger partial charge in [-0.3, -0.25) is 0 Å². The molecule has 0 aliphatic heterocycles. The quantitative estimate of drug-likeness (QED) is 0.672. The Morgan fingerprint density at radius 2 is 1.91 bits per heavy atom. The van der Waals surface area contributed by atoms with E-state index in [0.717, 1.165) is 0 Å². The van der Waals surface area contributed by atoms with Crippen molar-refractivity contribution in [1.82, 2.24) is 0 Å². The third-order valence-corrected chi connectivity index (χ3v) is 1.69. The number of ether oxygens (including phenoxy) is 1. The Balaban J connectivity index is 3.54. The van der Waals surface area contributed by atoms with Crippen molar-refractivity contribution >= 4 is 11.6 Å². The second-order valence-corrected chi connectivity index (χ2v) is 4.24. The van der Waals surface area contributed by atoms with Crippen LogP contribution in [0.25, 0.3) is 0 Å². The fraction of sp³-hybridized carbons (Fsp3) is 1.00. The van der Waals surface area contributed by atoms with Gasteiger partial charge in [0.1, 0.15) is 0 Å². The Morgan fingerprint density at radius 3 is 2.18 bits per heavy atom. The Labute approximate surface area is 73.5 Å². The van der Waals surface area contributed by atoms with Crippen molar-refractivity contribution in [3.63, 3.8) is 0 Å². The first-order chi connectivity index (χ1) is 4.83. The largest absolute Gasteiger partial charge is 0.392 e. The molecular formula is C8H17ClO2. The van der Waals surface area contributed by atoms with Crippen LogP contribution in [0.5, 0.6) is 0 Å². The molecule has 2 unspecified atom stereocenters. The van der Waals surface area contributed by atoms with Gasteiger partial charge in [0.05, 0.1) is 23.7 Å². The fourth-order valence-electron chi connectivity index (χ4n) is 0.469. The molecule has 11 heavy (non-hydrogen) atoms. The Morgan fingerprint density at radius 1 is 1.45 bits per heavy atom. The van der Waals surface area contributed by atoms with Crippen LogP contribution in [0, 0.1) is 0 Å². The molecule has 0 amide bonds. The summed E-state index contributed by atoms with van der Waals surface area (Å²) in [4.78, 5) is 0. The van der Waals surface area contributed by atoms with Gasteiger partial charge in [0.15, 0.2) is 0 Å². The van der Waals surface area contributed by atoms with Crippen LogP contribution in [0.3, 0.4) is 0 Å². The summed E-state index contributed by atoms with van der Waals surface area (Å²) in [5.41, 5.74) is -0.179. The van der Waals surface area contributed by atoms with E-state index < -0.39 is 6.10 Å². The highest BCUT2D eigenvalue weighted by Crippen LogP contribution is 2.11. The predicted octanol–water partition coefficient (Wildman–Crippen LogP) is 1.79. The highest BCUT2D eigenvalue weighted by atomic mass is 35.5. The maximum atomic E-state index is 9.01. The number of aliphatic hydroxyl groups excluding tert-OH is 1. The molecule has 0 spiro atoms. The van der Waals surface area contributed by atoms with Crippen LogP contribution in [0.1, 0.15) is 27.7 Å². The summed E-state index contributed by atoms with van der Waals surface area (Å²) < 4.78 is 5.36. The number of rotatable bonds is 3. The van der Waals surface area contributed by atoms with Gasteiger partial charge in [-0.15, -0.1) is 11.6 Å². The molecule has 2 nitrogen and oxygen atoms in total. The van der Waals surface area contributed by atoms with E-state index in [1.165, 1.54) is 0 Å². The topological polar surface area (TPSA) is 29.5 Å². The summed E-state index contributed by atoms with van der Waals surface area (Å²) in [5, 5.41) is 8.69. The maximum absolute atomic E-state index is 9.01. The Hall–Kier alpha value is 0.210. The molecule has 0 aromatic rings. The lowest BCUT2D eigenvalue weighted by Crippen LogP contribution is -2.29. The Kier molecular flexibility index (Phi) is 4.37. The van der Waals surface area contributed by atoms with Crippen LogP contribution in [-0.4, -0.2) is 28.8 Å². The van der Waals surface area contributed by atoms with E-state index in [-0.39, 0.29) is 11.0 Å². The number of halogens is 1. The first-order valence-corrected chi connectivity index (χ1v) is 4.22. The van der Waals surface area contributed by atoms with Crippen molar-refractivity contribution in [3.8, 4) is 0 Å². The van der Waals surface area contributed by atoms with Crippen molar-refractivity contribution in [2.45, 2.75) is 44.8 Å². The van der Waals surface area contributed by atoms with E-state index in [2.05, 4.69) is 0 Å². The standard InChI is InChI=1S/C8H17ClO2/c1-6(10)7(9)5-11-8(2,3)4/h6-7,10H,5H2,1-4H3. The second kappa shape index (κ2) is 4.29. The smallest absolute Gasteiger partial charge is 0.0826 e. The molecule has 0 rings (SSSR count). The molecule has 0 bridgehead atoms. The lowest BCUT2D eigenvalue weighted by atomic mass is 10.2. The SMILES string of the molecule is CC(O)C(Cl)COC(C)(C)C. The van der Waals surface area contributed by atoms with Crippen LogP contribution in [0.2, 0.25) is 0 Å². The summed E-state index contributed by atoms with van der Waals surface area (Å²) in [6.07, 6.45) is -0.515. The highest BCUT2D eigenvalue weighted by Gasteiger charge is 2.16. The molecule has 0 radical (unpaired) electrons. The zero-order valence-electron chi connectivity index (χ0n) is 7.60. The molecule has 0 heterocycles. The van der Waals surface area contributed by atoms with Crippen molar-refractivity contribution < 1.29 is 9.84 Å². The maximum Gasteiger partial charge on any atom is 0.0826 e. The molecule has 2 atom stereocenters. The number of hydrogen-bond acceptors (Lipinski definition) is 2. The normalized spacial score (nSPS) is 18.0. The van der Waals surface area contributed by atoms with Crippen LogP contribution < -0.4 is 0 Å². The minimum Gasteiger partial charge on any atom is -0.392 e. The van der Waals surface area contributed by atoms with Gasteiger partial charge in [-0.25, -0.2) is 0 Å². The fourth-order valence-corrected chi connectivity index (χ4v) is 0.532. The van der Waals surface area contributed by atoms with E-state index in [1.54, 1.807) is 6.92 Å². The minimum absolute atomic E-state index is 0.179. The molecule has 0 saturated carbocycles. The average Bonchev–Trinajstić information content (AvgIpc) is 1.80. The van der Waals surface area contributed by atoms with Crippen LogP contribution in [0.15, 0.2) is 0 Å². The van der Waals surface area contributed by atoms with E-state index in [9.17, 15) is 0 Å². The van der Waals surface area contributed by atoms with E-state index in [1.807, 2.05) is 20.8 Å². The third kappa shape index (κ3) is 6.60. The molecule has 0 aromatic carbocycles. The van der Waals surface area contributed by atoms with Gasteiger partial charge in [0, 0.05) is 0 Å². The van der Waals surface area contributed by atoms with Crippen molar-refractivity contribution in [2.75, 3.05) is 6.61 Å². The molecule has 68 valence electrons. The van der Waals surface area contributed by atoms with Gasteiger partial charge in [-0.2, -0.15) is 0 Å². The highest BCUT2D eigenvalue weighted by molar-refractivity contribution is 6.21. The van der Waals surface area contributed by atoms with Gasteiger partial charge in [0.2, 0.25) is 0 Å². The van der Waals surface area contributed by atoms with Gasteiger partial charge in [0.25, 0.3) is 0 Å². The zero-order valence-corrected chi connectivity index (χ0v) is 8.35. The molecule has 0 aromatic heterocycles. The first kappa shape index (κ1) is 11.2. The van der Waals surface area contributed by atoms with E-state index in [4.69, 9.17) is 21.4 Å². The lowest BCUT2D eigenvalue weighted by Gasteiger charge is -2.22. The summed E-state index contributed by atoms with van der Waals surface area (Å²) in [6.45, 7) is 7.92. The van der Waals surface area contributed by atoms with Crippen molar-refractivity contribution in [3.05, 3.63) is 0 Å². The number of alkyl halides is 1. The monoisotopic (exact) mass is 180 g/mol. The molecular weight excluding hydrogens is 164 g/mol. The first-order valence-electron chi connectivity index (χ1n) is 3.79. The predicted molar refractivity (Wildman–Crippen MR) is 47.0 cm³/mol. The molecule has 0 aliphatic carbocycles. The third-order valence-electron chi connectivity index (χ3n) is 1.20. The van der Waals surface area contributed by atoms with Crippen molar-refractivity contribution in [1.29, 1.82) is 0 Å². The Bertz CT molecular complexity index is 107. The van der Waals surface area contributed by atoms with Crippen LogP contribution in [0.4, 0.5) is 0 Å². The molecule has 1 N–H and O–H groups in total.